The number of amidine groups is 1. The van der Waals surface area contributed by atoms with Crippen LogP contribution in [0.3, 0.4) is 0 Å². The van der Waals surface area contributed by atoms with Crippen LogP contribution in [0.25, 0.3) is 10.9 Å². The molecule has 0 unspecified atom stereocenters. The number of rotatable bonds is 4. The van der Waals surface area contributed by atoms with E-state index in [0.717, 1.165) is 19.4 Å². The number of benzene rings is 1. The Kier molecular flexibility index (Phi) is 2.18. The Morgan fingerprint density at radius 3 is 2.88 bits per heavy atom. The number of hydrogen-bond acceptors (Lipinski definition) is 2. The van der Waals surface area contributed by atoms with Gasteiger partial charge in [0.1, 0.15) is 0 Å². The maximum absolute atomic E-state index is 7.43. The molecule has 1 aromatic carbocycles. The number of hydrogen-bond donors (Lipinski definition) is 2. The summed E-state index contributed by atoms with van der Waals surface area (Å²) in [5, 5.41) is 13.0. The van der Waals surface area contributed by atoms with Crippen molar-refractivity contribution in [2.75, 3.05) is 0 Å². The largest absolute Gasteiger partial charge is 0.388 e. The van der Waals surface area contributed by atoms with Gasteiger partial charge in [0, 0.05) is 18.4 Å². The average Bonchev–Trinajstić information content (AvgIpc) is 2.91. The molecule has 3 rings (SSSR count). The molecule has 0 aliphatic heterocycles. The van der Waals surface area contributed by atoms with Gasteiger partial charge in [0.15, 0.2) is 0 Å². The second-order valence-corrected chi connectivity index (χ2v) is 5.06. The predicted octanol–water partition coefficient (Wildman–Crippen LogP) is 2.14. The molecule has 17 heavy (non-hydrogen) atoms. The quantitative estimate of drug-likeness (QED) is 0.622. The Morgan fingerprint density at radius 2 is 2.18 bits per heavy atom. The van der Waals surface area contributed by atoms with Gasteiger partial charge in [0.25, 0.3) is 0 Å². The third-order valence-electron chi connectivity index (χ3n) is 3.56. The van der Waals surface area contributed by atoms with Crippen molar-refractivity contribution in [2.24, 2.45) is 11.1 Å². The zero-order valence-electron chi connectivity index (χ0n) is 9.69. The number of nitrogens with one attached hydrogen (secondary N) is 1. The van der Waals surface area contributed by atoms with Crippen molar-refractivity contribution < 1.29 is 0 Å². The molecule has 2 aromatic rings. The van der Waals surface area contributed by atoms with Crippen LogP contribution in [0.2, 0.25) is 0 Å². The van der Waals surface area contributed by atoms with Crippen molar-refractivity contribution in [3.05, 3.63) is 30.5 Å². The van der Waals surface area contributed by atoms with Crippen LogP contribution >= 0.6 is 0 Å². The molecule has 0 atom stereocenters. The maximum Gasteiger partial charge on any atom is 0.0911 e. The van der Waals surface area contributed by atoms with Crippen LogP contribution in [-0.4, -0.2) is 15.6 Å². The van der Waals surface area contributed by atoms with Gasteiger partial charge < -0.3 is 5.73 Å². The summed E-state index contributed by atoms with van der Waals surface area (Å²) in [7, 11) is 0. The summed E-state index contributed by atoms with van der Waals surface area (Å²) in [5.41, 5.74) is 6.88. The van der Waals surface area contributed by atoms with Gasteiger partial charge in [-0.3, -0.25) is 10.1 Å². The first-order valence-corrected chi connectivity index (χ1v) is 5.92. The lowest BCUT2D eigenvalue weighted by Crippen LogP contribution is -2.21. The molecule has 88 valence electrons. The lowest BCUT2D eigenvalue weighted by atomic mass is 10.0. The summed E-state index contributed by atoms with van der Waals surface area (Å²) in [6.07, 6.45) is 4.90. The first kappa shape index (κ1) is 10.3. The smallest absolute Gasteiger partial charge is 0.0911 e. The van der Waals surface area contributed by atoms with Crippen molar-refractivity contribution in [3.63, 3.8) is 0 Å². The van der Waals surface area contributed by atoms with E-state index in [0.29, 0.717) is 12.3 Å². The van der Waals surface area contributed by atoms with E-state index in [1.165, 1.54) is 10.9 Å². The van der Waals surface area contributed by atoms with Crippen molar-refractivity contribution in [3.8, 4) is 0 Å². The summed E-state index contributed by atoms with van der Waals surface area (Å²) < 4.78 is 2.05. The zero-order chi connectivity index (χ0) is 11.9. The maximum atomic E-state index is 7.43. The molecule has 0 bridgehead atoms. The summed E-state index contributed by atoms with van der Waals surface area (Å²) in [4.78, 5) is 0. The number of nitrogens with zero attached hydrogens (tertiary/aromatic N) is 2. The molecule has 1 heterocycles. The third-order valence-corrected chi connectivity index (χ3v) is 3.56. The van der Waals surface area contributed by atoms with Gasteiger partial charge in [-0.2, -0.15) is 5.10 Å². The van der Waals surface area contributed by atoms with Crippen LogP contribution in [0.5, 0.6) is 0 Å². The molecular formula is C13H16N4. The molecule has 4 heteroatoms. The van der Waals surface area contributed by atoms with E-state index < -0.39 is 0 Å². The molecule has 1 saturated carbocycles. The van der Waals surface area contributed by atoms with Crippen molar-refractivity contribution in [2.45, 2.75) is 25.8 Å². The molecule has 1 aliphatic rings. The summed E-state index contributed by atoms with van der Waals surface area (Å²) in [5.74, 6) is 0.291. The van der Waals surface area contributed by atoms with Gasteiger partial charge in [-0.05, 0) is 24.3 Å². The lowest BCUT2D eigenvalue weighted by molar-refractivity contribution is 0.417. The van der Waals surface area contributed by atoms with Crippen molar-refractivity contribution >= 4 is 16.7 Å². The first-order chi connectivity index (χ1) is 8.19. The average molecular weight is 228 g/mol. The highest BCUT2D eigenvalue weighted by molar-refractivity contribution is 5.79. The number of aromatic nitrogens is 2. The molecular weight excluding hydrogens is 212 g/mol. The van der Waals surface area contributed by atoms with E-state index in [9.17, 15) is 0 Å². The van der Waals surface area contributed by atoms with Crippen LogP contribution in [0.1, 0.15) is 19.3 Å². The van der Waals surface area contributed by atoms with Gasteiger partial charge in [0.05, 0.1) is 17.5 Å². The van der Waals surface area contributed by atoms with E-state index in [4.69, 9.17) is 11.1 Å². The first-order valence-electron chi connectivity index (χ1n) is 5.92. The van der Waals surface area contributed by atoms with Gasteiger partial charge >= 0.3 is 0 Å². The highest BCUT2D eigenvalue weighted by Crippen LogP contribution is 2.50. The molecule has 0 radical (unpaired) electrons. The highest BCUT2D eigenvalue weighted by atomic mass is 15.3. The standard InChI is InChI=1S/C13H16N4/c14-12(15)7-13(5-6-13)9-17-11-4-2-1-3-10(11)8-16-17/h1-4,8H,5-7,9H2,(H3,14,15). The molecule has 0 spiro atoms. The minimum atomic E-state index is 0.195. The number of nitrogens with two attached hydrogens (primary N) is 1. The Bertz CT molecular complexity index is 566. The van der Waals surface area contributed by atoms with Crippen LogP contribution in [0.15, 0.2) is 30.5 Å². The predicted molar refractivity (Wildman–Crippen MR) is 67.9 cm³/mol. The SMILES string of the molecule is N=C(N)CC1(Cn2ncc3ccccc32)CC1. The summed E-state index contributed by atoms with van der Waals surface area (Å²) in [6, 6.07) is 8.22. The molecule has 0 amide bonds. The van der Waals surface area contributed by atoms with Gasteiger partial charge in [-0.15, -0.1) is 0 Å². The second-order valence-electron chi connectivity index (χ2n) is 5.06. The Balaban J connectivity index is 1.88. The fourth-order valence-corrected chi connectivity index (χ4v) is 2.44. The van der Waals surface area contributed by atoms with E-state index in [-0.39, 0.29) is 5.41 Å². The molecule has 1 aromatic heterocycles. The molecule has 0 saturated heterocycles. The fraction of sp³-hybridized carbons (Fsp3) is 0.385. The zero-order valence-corrected chi connectivity index (χ0v) is 9.69. The summed E-state index contributed by atoms with van der Waals surface area (Å²) in [6.45, 7) is 0.875. The van der Waals surface area contributed by atoms with Crippen molar-refractivity contribution in [1.29, 1.82) is 5.41 Å². The molecule has 4 nitrogen and oxygen atoms in total. The van der Waals surface area contributed by atoms with Gasteiger partial charge in [0.2, 0.25) is 0 Å². The minimum Gasteiger partial charge on any atom is -0.388 e. The summed E-state index contributed by atoms with van der Waals surface area (Å²) >= 11 is 0. The Labute approximate surface area is 99.9 Å². The number of para-hydroxylation sites is 1. The Morgan fingerprint density at radius 1 is 1.41 bits per heavy atom. The normalized spacial score (nSPS) is 17.2. The molecule has 3 N–H and O–H groups in total. The lowest BCUT2D eigenvalue weighted by Gasteiger charge is -2.14. The third kappa shape index (κ3) is 1.90. The van der Waals surface area contributed by atoms with Gasteiger partial charge in [-0.1, -0.05) is 18.2 Å². The van der Waals surface area contributed by atoms with E-state index in [1.807, 2.05) is 23.0 Å². The van der Waals surface area contributed by atoms with Crippen LogP contribution in [-0.2, 0) is 6.54 Å². The van der Waals surface area contributed by atoms with E-state index in [1.54, 1.807) is 0 Å². The van der Waals surface area contributed by atoms with Crippen LogP contribution in [0.4, 0.5) is 0 Å². The van der Waals surface area contributed by atoms with Crippen LogP contribution in [0, 0.1) is 10.8 Å². The molecule has 1 aliphatic carbocycles. The minimum absolute atomic E-state index is 0.195. The monoisotopic (exact) mass is 228 g/mol. The van der Waals surface area contributed by atoms with E-state index in [2.05, 4.69) is 17.2 Å². The second kappa shape index (κ2) is 3.58. The van der Waals surface area contributed by atoms with Crippen molar-refractivity contribution in [1.82, 2.24) is 9.78 Å². The van der Waals surface area contributed by atoms with Gasteiger partial charge in [-0.25, -0.2) is 0 Å². The van der Waals surface area contributed by atoms with Crippen LogP contribution < -0.4 is 5.73 Å². The fourth-order valence-electron chi connectivity index (χ4n) is 2.44. The molecule has 1 fully saturated rings. The number of fused-ring (bicyclic) bond motifs is 1. The topological polar surface area (TPSA) is 67.7 Å². The highest BCUT2D eigenvalue weighted by Gasteiger charge is 2.43. The Hall–Kier alpha value is -1.84. The van der Waals surface area contributed by atoms with E-state index >= 15 is 0 Å².